The lowest BCUT2D eigenvalue weighted by Gasteiger charge is -2.23. The zero-order valence-corrected chi connectivity index (χ0v) is 8.40. The maximum atomic E-state index is 11.0. The minimum Gasteiger partial charge on any atom is -0.497 e. The lowest BCUT2D eigenvalue weighted by molar-refractivity contribution is -0.139. The molecule has 0 unspecified atom stereocenters. The molecule has 2 rings (SSSR count). The Bertz CT molecular complexity index is 386. The molecule has 15 heavy (non-hydrogen) atoms. The molecule has 1 aliphatic rings. The maximum Gasteiger partial charge on any atom is 0.311 e. The third kappa shape index (κ3) is 1.75. The number of fused-ring (bicyclic) bond motifs is 1. The second-order valence-corrected chi connectivity index (χ2v) is 3.43. The Labute approximate surface area is 87.4 Å². The third-order valence-electron chi connectivity index (χ3n) is 2.55. The SMILES string of the molecule is COc1ccc2c(c1)[C@H](C(=O)O)CCO2. The lowest BCUT2D eigenvalue weighted by atomic mass is 9.93. The second-order valence-electron chi connectivity index (χ2n) is 3.43. The molecule has 0 bridgehead atoms. The number of methoxy groups -OCH3 is 1. The Kier molecular flexibility index (Phi) is 2.49. The van der Waals surface area contributed by atoms with E-state index in [0.717, 1.165) is 0 Å². The van der Waals surface area contributed by atoms with Crippen molar-refractivity contribution in [2.75, 3.05) is 13.7 Å². The predicted molar refractivity (Wildman–Crippen MR) is 53.5 cm³/mol. The van der Waals surface area contributed by atoms with Crippen molar-refractivity contribution in [3.05, 3.63) is 23.8 Å². The van der Waals surface area contributed by atoms with Crippen LogP contribution in [0.2, 0.25) is 0 Å². The third-order valence-corrected chi connectivity index (χ3v) is 2.55. The number of benzene rings is 1. The largest absolute Gasteiger partial charge is 0.497 e. The van der Waals surface area contributed by atoms with Gasteiger partial charge < -0.3 is 14.6 Å². The van der Waals surface area contributed by atoms with Crippen LogP contribution in [0, 0.1) is 0 Å². The molecule has 1 heterocycles. The minimum absolute atomic E-state index is 0.455. The molecule has 0 radical (unpaired) electrons. The summed E-state index contributed by atoms with van der Waals surface area (Å²) in [6, 6.07) is 5.25. The Morgan fingerprint density at radius 3 is 3.07 bits per heavy atom. The Balaban J connectivity index is 2.43. The smallest absolute Gasteiger partial charge is 0.311 e. The van der Waals surface area contributed by atoms with E-state index in [1.807, 2.05) is 0 Å². The highest BCUT2D eigenvalue weighted by atomic mass is 16.5. The highest BCUT2D eigenvalue weighted by molar-refractivity contribution is 5.77. The van der Waals surface area contributed by atoms with Gasteiger partial charge in [0, 0.05) is 5.56 Å². The van der Waals surface area contributed by atoms with Gasteiger partial charge in [-0.1, -0.05) is 0 Å². The van der Waals surface area contributed by atoms with Crippen LogP contribution in [0.4, 0.5) is 0 Å². The summed E-state index contributed by atoms with van der Waals surface area (Å²) in [6.07, 6.45) is 0.509. The number of carboxylic acids is 1. The van der Waals surface area contributed by atoms with Gasteiger partial charge in [-0.2, -0.15) is 0 Å². The highest BCUT2D eigenvalue weighted by Crippen LogP contribution is 2.36. The number of rotatable bonds is 2. The van der Waals surface area contributed by atoms with E-state index in [1.165, 1.54) is 0 Å². The van der Waals surface area contributed by atoms with E-state index in [2.05, 4.69) is 0 Å². The monoisotopic (exact) mass is 208 g/mol. The molecule has 0 aromatic heterocycles. The van der Waals surface area contributed by atoms with Crippen molar-refractivity contribution in [2.45, 2.75) is 12.3 Å². The fourth-order valence-corrected chi connectivity index (χ4v) is 1.76. The summed E-state index contributed by atoms with van der Waals surface area (Å²) in [6.45, 7) is 0.455. The molecule has 0 spiro atoms. The summed E-state index contributed by atoms with van der Waals surface area (Å²) in [4.78, 5) is 11.0. The van der Waals surface area contributed by atoms with Crippen molar-refractivity contribution >= 4 is 5.97 Å². The normalized spacial score (nSPS) is 18.9. The molecule has 1 aliphatic heterocycles. The van der Waals surface area contributed by atoms with E-state index in [4.69, 9.17) is 14.6 Å². The van der Waals surface area contributed by atoms with Gasteiger partial charge in [-0.3, -0.25) is 4.79 Å². The van der Waals surface area contributed by atoms with E-state index in [-0.39, 0.29) is 0 Å². The van der Waals surface area contributed by atoms with Crippen LogP contribution in [0.1, 0.15) is 17.9 Å². The van der Waals surface area contributed by atoms with Crippen molar-refractivity contribution in [1.29, 1.82) is 0 Å². The lowest BCUT2D eigenvalue weighted by Crippen LogP contribution is -2.20. The Morgan fingerprint density at radius 2 is 2.40 bits per heavy atom. The average molecular weight is 208 g/mol. The molecule has 1 N–H and O–H groups in total. The number of carboxylic acid groups (broad SMARTS) is 1. The zero-order valence-electron chi connectivity index (χ0n) is 8.40. The van der Waals surface area contributed by atoms with Gasteiger partial charge in [-0.05, 0) is 24.6 Å². The predicted octanol–water partition coefficient (Wildman–Crippen LogP) is 1.65. The van der Waals surface area contributed by atoms with Crippen LogP contribution in [-0.2, 0) is 4.79 Å². The topological polar surface area (TPSA) is 55.8 Å². The van der Waals surface area contributed by atoms with Crippen LogP contribution in [0.15, 0.2) is 18.2 Å². The molecule has 1 aromatic rings. The van der Waals surface area contributed by atoms with Crippen LogP contribution in [0.25, 0.3) is 0 Å². The molecule has 0 amide bonds. The quantitative estimate of drug-likeness (QED) is 0.802. The fourth-order valence-electron chi connectivity index (χ4n) is 1.76. The summed E-state index contributed by atoms with van der Waals surface area (Å²) < 4.78 is 10.4. The second kappa shape index (κ2) is 3.81. The highest BCUT2D eigenvalue weighted by Gasteiger charge is 2.27. The molecule has 1 atom stereocenters. The molecule has 0 aliphatic carbocycles. The fraction of sp³-hybridized carbons (Fsp3) is 0.364. The standard InChI is InChI=1S/C11H12O4/c1-14-7-2-3-10-9(6-7)8(11(12)13)4-5-15-10/h2-3,6,8H,4-5H2,1H3,(H,12,13)/t8-/m1/s1. The number of carbonyl (C=O) groups is 1. The van der Waals surface area contributed by atoms with Gasteiger partial charge in [0.1, 0.15) is 11.5 Å². The van der Waals surface area contributed by atoms with Crippen LogP contribution < -0.4 is 9.47 Å². The van der Waals surface area contributed by atoms with Gasteiger partial charge >= 0.3 is 5.97 Å². The van der Waals surface area contributed by atoms with Crippen LogP contribution in [-0.4, -0.2) is 24.8 Å². The van der Waals surface area contributed by atoms with Gasteiger partial charge in [0.2, 0.25) is 0 Å². The summed E-state index contributed by atoms with van der Waals surface area (Å²) in [5, 5.41) is 9.05. The van der Waals surface area contributed by atoms with E-state index in [9.17, 15) is 4.79 Å². The molecule has 1 aromatic carbocycles. The van der Waals surface area contributed by atoms with Crippen molar-refractivity contribution in [1.82, 2.24) is 0 Å². The Morgan fingerprint density at radius 1 is 1.60 bits per heavy atom. The van der Waals surface area contributed by atoms with Crippen LogP contribution in [0.5, 0.6) is 11.5 Å². The molecule has 0 fully saturated rings. The summed E-state index contributed by atoms with van der Waals surface area (Å²) in [7, 11) is 1.56. The van der Waals surface area contributed by atoms with E-state index >= 15 is 0 Å². The van der Waals surface area contributed by atoms with Crippen molar-refractivity contribution < 1.29 is 19.4 Å². The van der Waals surface area contributed by atoms with Crippen LogP contribution in [0.3, 0.4) is 0 Å². The first-order valence-electron chi connectivity index (χ1n) is 4.76. The van der Waals surface area contributed by atoms with Crippen molar-refractivity contribution in [3.63, 3.8) is 0 Å². The van der Waals surface area contributed by atoms with Gasteiger partial charge in [0.25, 0.3) is 0 Å². The molecule has 80 valence electrons. The first kappa shape index (κ1) is 9.83. The molecule has 4 heteroatoms. The van der Waals surface area contributed by atoms with E-state index in [1.54, 1.807) is 25.3 Å². The molecular weight excluding hydrogens is 196 g/mol. The molecule has 4 nitrogen and oxygen atoms in total. The first-order chi connectivity index (χ1) is 7.22. The van der Waals surface area contributed by atoms with Gasteiger partial charge in [0.15, 0.2) is 0 Å². The molecular formula is C11H12O4. The minimum atomic E-state index is -0.812. The van der Waals surface area contributed by atoms with Crippen LogP contribution >= 0.6 is 0 Å². The number of hydrogen-bond acceptors (Lipinski definition) is 3. The number of hydrogen-bond donors (Lipinski definition) is 1. The summed E-state index contributed by atoms with van der Waals surface area (Å²) >= 11 is 0. The molecule has 0 saturated heterocycles. The number of aliphatic carboxylic acids is 1. The Hall–Kier alpha value is -1.71. The van der Waals surface area contributed by atoms with Gasteiger partial charge in [-0.25, -0.2) is 0 Å². The van der Waals surface area contributed by atoms with Gasteiger partial charge in [0.05, 0.1) is 19.6 Å². The first-order valence-corrected chi connectivity index (χ1v) is 4.76. The van der Waals surface area contributed by atoms with E-state index < -0.39 is 11.9 Å². The van der Waals surface area contributed by atoms with Crippen molar-refractivity contribution in [2.24, 2.45) is 0 Å². The number of ether oxygens (including phenoxy) is 2. The molecule has 0 saturated carbocycles. The summed E-state index contributed by atoms with van der Waals surface area (Å²) in [5.41, 5.74) is 0.702. The van der Waals surface area contributed by atoms with E-state index in [0.29, 0.717) is 30.1 Å². The van der Waals surface area contributed by atoms with Crippen molar-refractivity contribution in [3.8, 4) is 11.5 Å². The maximum absolute atomic E-state index is 11.0. The van der Waals surface area contributed by atoms with Gasteiger partial charge in [-0.15, -0.1) is 0 Å². The average Bonchev–Trinajstić information content (AvgIpc) is 2.27. The zero-order chi connectivity index (χ0) is 10.8. The summed E-state index contributed by atoms with van der Waals surface area (Å²) in [5.74, 6) is 0.0107.